The third kappa shape index (κ3) is 3.35. The summed E-state index contributed by atoms with van der Waals surface area (Å²) in [7, 11) is 0. The van der Waals surface area contributed by atoms with Crippen LogP contribution in [0.25, 0.3) is 0 Å². The van der Waals surface area contributed by atoms with Crippen molar-refractivity contribution in [3.8, 4) is 0 Å². The molecule has 0 unspecified atom stereocenters. The van der Waals surface area contributed by atoms with Gasteiger partial charge in [-0.1, -0.05) is 0 Å². The highest BCUT2D eigenvalue weighted by Gasteiger charge is 2.23. The number of aromatic amines is 1. The minimum absolute atomic E-state index is 0.430. The van der Waals surface area contributed by atoms with Gasteiger partial charge in [-0.25, -0.2) is 0 Å². The lowest BCUT2D eigenvalue weighted by atomic mass is 9.94. The molecule has 0 saturated carbocycles. The van der Waals surface area contributed by atoms with Crippen LogP contribution in [0.15, 0.2) is 18.3 Å². The zero-order valence-electron chi connectivity index (χ0n) is 13.2. The molecule has 0 aliphatic carbocycles. The van der Waals surface area contributed by atoms with Gasteiger partial charge in [0.25, 0.3) is 0 Å². The fraction of sp³-hybridized carbons (Fsp3) is 0.625. The second-order valence-electron chi connectivity index (χ2n) is 6.43. The largest absolute Gasteiger partial charge is 0.297 e. The van der Waals surface area contributed by atoms with Crippen LogP contribution in [-0.2, 0) is 6.54 Å². The van der Waals surface area contributed by atoms with E-state index < -0.39 is 0 Å². The number of likely N-dealkylation sites (tertiary alicyclic amines) is 1. The van der Waals surface area contributed by atoms with Gasteiger partial charge in [0.05, 0.1) is 11.4 Å². The van der Waals surface area contributed by atoms with Crippen LogP contribution < -0.4 is 0 Å². The monoisotopic (exact) mass is 287 g/mol. The predicted molar refractivity (Wildman–Crippen MR) is 83.2 cm³/mol. The van der Waals surface area contributed by atoms with E-state index >= 15 is 0 Å². The Labute approximate surface area is 126 Å². The minimum atomic E-state index is 0.430. The molecule has 0 spiro atoms. The van der Waals surface area contributed by atoms with E-state index in [1.165, 1.54) is 24.2 Å². The van der Waals surface area contributed by atoms with Crippen LogP contribution in [0.1, 0.15) is 55.7 Å². The molecular weight excluding hydrogens is 262 g/mol. The lowest BCUT2D eigenvalue weighted by Crippen LogP contribution is -2.34. The maximum atomic E-state index is 4.66. The molecule has 21 heavy (non-hydrogen) atoms. The Bertz CT molecular complexity index is 583. The average Bonchev–Trinajstić information content (AvgIpc) is 3.08. The Morgan fingerprint density at radius 3 is 2.95 bits per heavy atom. The second kappa shape index (κ2) is 6.02. The molecular formula is C16H25N5. The van der Waals surface area contributed by atoms with Gasteiger partial charge in [0.2, 0.25) is 0 Å². The van der Waals surface area contributed by atoms with Crippen molar-refractivity contribution in [1.82, 2.24) is 24.9 Å². The Morgan fingerprint density at radius 1 is 1.43 bits per heavy atom. The van der Waals surface area contributed by atoms with Gasteiger partial charge in [-0.3, -0.25) is 14.7 Å². The van der Waals surface area contributed by atoms with E-state index in [-0.39, 0.29) is 0 Å². The fourth-order valence-corrected chi connectivity index (χ4v) is 3.07. The van der Waals surface area contributed by atoms with E-state index in [9.17, 15) is 0 Å². The van der Waals surface area contributed by atoms with Crippen LogP contribution in [0.4, 0.5) is 0 Å². The lowest BCUT2D eigenvalue weighted by molar-refractivity contribution is 0.195. The molecule has 1 aliphatic rings. The van der Waals surface area contributed by atoms with E-state index in [0.717, 1.165) is 25.3 Å². The van der Waals surface area contributed by atoms with Crippen molar-refractivity contribution in [3.63, 3.8) is 0 Å². The van der Waals surface area contributed by atoms with Gasteiger partial charge < -0.3 is 0 Å². The molecule has 1 atom stereocenters. The summed E-state index contributed by atoms with van der Waals surface area (Å²) in [5.74, 6) is 0.552. The van der Waals surface area contributed by atoms with Crippen LogP contribution in [-0.4, -0.2) is 38.0 Å². The van der Waals surface area contributed by atoms with Gasteiger partial charge in [-0.2, -0.15) is 10.2 Å². The number of aromatic nitrogens is 4. The topological polar surface area (TPSA) is 49.7 Å². The molecule has 3 heterocycles. The summed E-state index contributed by atoms with van der Waals surface area (Å²) >= 11 is 0. The Morgan fingerprint density at radius 2 is 2.29 bits per heavy atom. The van der Waals surface area contributed by atoms with Gasteiger partial charge in [-0.15, -0.1) is 0 Å². The summed E-state index contributed by atoms with van der Waals surface area (Å²) in [5.41, 5.74) is 3.53. The Balaban J connectivity index is 1.63. The highest BCUT2D eigenvalue weighted by Crippen LogP contribution is 2.26. The van der Waals surface area contributed by atoms with Crippen LogP contribution in [0.5, 0.6) is 0 Å². The number of hydrogen-bond donors (Lipinski definition) is 1. The molecule has 3 rings (SSSR count). The van der Waals surface area contributed by atoms with Crippen molar-refractivity contribution < 1.29 is 0 Å². The molecule has 0 radical (unpaired) electrons. The van der Waals surface area contributed by atoms with Crippen molar-refractivity contribution in [1.29, 1.82) is 0 Å². The summed E-state index contributed by atoms with van der Waals surface area (Å²) in [5, 5.41) is 12.2. The summed E-state index contributed by atoms with van der Waals surface area (Å²) < 4.78 is 2.04. The molecule has 0 bridgehead atoms. The van der Waals surface area contributed by atoms with Crippen LogP contribution in [0.3, 0.4) is 0 Å². The molecule has 1 saturated heterocycles. The second-order valence-corrected chi connectivity index (χ2v) is 6.43. The number of hydrogen-bond acceptors (Lipinski definition) is 3. The Kier molecular flexibility index (Phi) is 4.10. The molecule has 0 aromatic carbocycles. The lowest BCUT2D eigenvalue weighted by Gasteiger charge is -2.31. The normalized spacial score (nSPS) is 20.3. The van der Waals surface area contributed by atoms with Gasteiger partial charge in [0.1, 0.15) is 0 Å². The first-order valence-electron chi connectivity index (χ1n) is 7.90. The van der Waals surface area contributed by atoms with Gasteiger partial charge in [0, 0.05) is 36.9 Å². The van der Waals surface area contributed by atoms with E-state index in [4.69, 9.17) is 0 Å². The number of rotatable bonds is 4. The molecule has 2 aromatic heterocycles. The zero-order chi connectivity index (χ0) is 14.8. The van der Waals surface area contributed by atoms with Crippen LogP contribution in [0, 0.1) is 6.92 Å². The third-order valence-corrected chi connectivity index (χ3v) is 4.23. The van der Waals surface area contributed by atoms with Crippen molar-refractivity contribution >= 4 is 0 Å². The molecule has 0 amide bonds. The van der Waals surface area contributed by atoms with Gasteiger partial charge in [-0.05, 0) is 52.3 Å². The highest BCUT2D eigenvalue weighted by molar-refractivity contribution is 5.13. The summed E-state index contributed by atoms with van der Waals surface area (Å²) in [4.78, 5) is 2.51. The summed E-state index contributed by atoms with van der Waals surface area (Å²) in [6.45, 7) is 9.57. The number of nitrogens with zero attached hydrogens (tertiary/aromatic N) is 4. The molecule has 5 heteroatoms. The van der Waals surface area contributed by atoms with Crippen molar-refractivity contribution in [3.05, 3.63) is 35.4 Å². The van der Waals surface area contributed by atoms with Crippen LogP contribution >= 0.6 is 0 Å². The molecule has 114 valence electrons. The number of piperidine rings is 1. The van der Waals surface area contributed by atoms with E-state index in [1.807, 2.05) is 4.68 Å². The highest BCUT2D eigenvalue weighted by atomic mass is 15.3. The third-order valence-electron chi connectivity index (χ3n) is 4.23. The fourth-order valence-electron chi connectivity index (χ4n) is 3.07. The molecule has 1 N–H and O–H groups in total. The van der Waals surface area contributed by atoms with E-state index in [1.54, 1.807) is 0 Å². The molecule has 1 fully saturated rings. The first-order valence-corrected chi connectivity index (χ1v) is 7.90. The number of H-pyrrole nitrogens is 1. The van der Waals surface area contributed by atoms with Gasteiger partial charge >= 0.3 is 0 Å². The van der Waals surface area contributed by atoms with Crippen LogP contribution in [0.2, 0.25) is 0 Å². The zero-order valence-corrected chi connectivity index (χ0v) is 13.2. The van der Waals surface area contributed by atoms with E-state index in [0.29, 0.717) is 12.0 Å². The smallest absolute Gasteiger partial charge is 0.0764 e. The standard InChI is InChI=1S/C16H25N5/c1-12(2)21-8-6-15(19-21)11-20-7-4-5-14(10-20)16-9-13(3)17-18-16/h6,8-9,12,14H,4-5,7,10-11H2,1-3H3,(H,17,18)/t14-/m1/s1. The van der Waals surface area contributed by atoms with Crippen molar-refractivity contribution in [2.75, 3.05) is 13.1 Å². The average molecular weight is 287 g/mol. The first kappa shape index (κ1) is 14.3. The molecule has 1 aliphatic heterocycles. The SMILES string of the molecule is Cc1cc([C@@H]2CCCN(Cc3ccn(C(C)C)n3)C2)n[nH]1. The molecule has 5 nitrogen and oxygen atoms in total. The maximum Gasteiger partial charge on any atom is 0.0764 e. The first-order chi connectivity index (χ1) is 10.1. The Hall–Kier alpha value is -1.62. The maximum absolute atomic E-state index is 4.66. The predicted octanol–water partition coefficient (Wildman–Crippen LogP) is 2.88. The number of nitrogens with one attached hydrogen (secondary N) is 1. The number of aryl methyl sites for hydroxylation is 1. The van der Waals surface area contributed by atoms with E-state index in [2.05, 4.69) is 59.3 Å². The summed E-state index contributed by atoms with van der Waals surface area (Å²) in [6.07, 6.45) is 4.56. The minimum Gasteiger partial charge on any atom is -0.297 e. The van der Waals surface area contributed by atoms with Gasteiger partial charge in [0.15, 0.2) is 0 Å². The molecule has 2 aromatic rings. The van der Waals surface area contributed by atoms with Crippen molar-refractivity contribution in [2.24, 2.45) is 0 Å². The quantitative estimate of drug-likeness (QED) is 0.940. The van der Waals surface area contributed by atoms with Crippen molar-refractivity contribution in [2.45, 2.75) is 52.1 Å². The summed E-state index contributed by atoms with van der Waals surface area (Å²) in [6, 6.07) is 4.75.